The predicted molar refractivity (Wildman–Crippen MR) is 269 cm³/mol. The zero-order valence-electron chi connectivity index (χ0n) is 48.0. The summed E-state index contributed by atoms with van der Waals surface area (Å²) < 4.78 is 91.6. The number of para-hydroxylation sites is 3. The Kier molecular flexibility index (Phi) is 8.69. The van der Waals surface area contributed by atoms with Gasteiger partial charge in [-0.15, -0.1) is 23.8 Å². The normalized spacial score (nSPS) is 15.0. The molecule has 9 aromatic rings. The number of rotatable bonds is 7. The van der Waals surface area contributed by atoms with E-state index >= 15 is 0 Å². The topological polar surface area (TPSA) is 24.3 Å². The van der Waals surface area contributed by atoms with Crippen molar-refractivity contribution in [1.82, 2.24) is 9.55 Å². The summed E-state index contributed by atoms with van der Waals surface area (Å²) in [5.41, 5.74) is 10.3. The Balaban J connectivity index is 0.00000689. The van der Waals surface area contributed by atoms with Crippen LogP contribution in [0.1, 0.15) is 94.2 Å². The summed E-state index contributed by atoms with van der Waals surface area (Å²) in [5.74, 6) is 0.816. The Labute approximate surface area is 413 Å². The van der Waals surface area contributed by atoms with Gasteiger partial charge in [0.05, 0.1) is 13.7 Å². The van der Waals surface area contributed by atoms with Gasteiger partial charge in [0, 0.05) is 61.0 Å². The summed E-state index contributed by atoms with van der Waals surface area (Å²) in [5, 5.41) is 2.17. The van der Waals surface area contributed by atoms with Gasteiger partial charge in [-0.05, 0) is 107 Å². The quantitative estimate of drug-likeness (QED) is 0.149. The van der Waals surface area contributed by atoms with E-state index in [-0.39, 0.29) is 54.1 Å². The minimum Gasteiger partial charge on any atom is -0.493 e. The van der Waals surface area contributed by atoms with Gasteiger partial charge in [-0.1, -0.05) is 138 Å². The average molecular weight is 1040 g/mol. The molecule has 65 heavy (non-hydrogen) atoms. The number of hydrogen-bond donors (Lipinski definition) is 0. The predicted octanol–water partition coefficient (Wildman–Crippen LogP) is 15.6. The molecule has 0 spiro atoms. The zero-order chi connectivity index (χ0) is 53.2. The van der Waals surface area contributed by atoms with E-state index in [4.69, 9.17) is 13.2 Å². The summed E-state index contributed by atoms with van der Waals surface area (Å²) in [6, 6.07) is 31.5. The van der Waals surface area contributed by atoms with Crippen molar-refractivity contribution in [3.8, 4) is 28.1 Å². The Bertz CT molecular complexity index is 3680. The molecule has 1 aliphatic heterocycles. The van der Waals surface area contributed by atoms with Gasteiger partial charge in [-0.2, -0.15) is 47.0 Å². The second kappa shape index (κ2) is 17.0. The van der Waals surface area contributed by atoms with Gasteiger partial charge in [0.15, 0.2) is 0 Å². The molecule has 5 heteroatoms. The molecule has 4 nitrogen and oxygen atoms in total. The largest absolute Gasteiger partial charge is 0.493 e. The molecule has 0 saturated heterocycles. The molecular formula is C60H55N4Pt-3. The molecule has 0 unspecified atom stereocenters. The Morgan fingerprint density at radius 2 is 1.20 bits per heavy atom. The molecule has 3 heterocycles. The number of pyridine rings is 1. The van der Waals surface area contributed by atoms with Crippen LogP contribution in [-0.2, 0) is 38.3 Å². The number of hydrogen-bond acceptors (Lipinski definition) is 3. The maximum Gasteiger partial charge on any atom is 0.135 e. The second-order valence-electron chi connectivity index (χ2n) is 18.8. The SMILES string of the molecule is [2H]c1c([2H])c([2H])c(-c2c(C)c(C)c(C)c(-c3c([2H])c([2H])c([2H])c([2H])c3[2H])c2N2[CH-]N(c3[c-]c(Cc4[c-]c5c(cc4)c4ccccc4n5-c4cc(C(C)(C)C)ccn4)cc(C(C)(C)C)c3)c3ccccc32)c([2H])c1[2H].[Pt]. The van der Waals surface area contributed by atoms with Crippen molar-refractivity contribution in [2.24, 2.45) is 0 Å². The van der Waals surface area contributed by atoms with Gasteiger partial charge < -0.3 is 14.4 Å². The Hall–Kier alpha value is -6.22. The van der Waals surface area contributed by atoms with E-state index in [0.29, 0.717) is 40.2 Å². The first-order valence-electron chi connectivity index (χ1n) is 26.7. The fraction of sp³-hybridized carbons (Fsp3) is 0.200. The van der Waals surface area contributed by atoms with Gasteiger partial charge in [-0.25, -0.2) is 4.98 Å². The van der Waals surface area contributed by atoms with Crippen LogP contribution in [0.4, 0.5) is 22.7 Å². The van der Waals surface area contributed by atoms with Gasteiger partial charge in [0.1, 0.15) is 5.82 Å². The fourth-order valence-corrected chi connectivity index (χ4v) is 8.98. The minimum atomic E-state index is -0.547. The molecule has 0 aliphatic carbocycles. The third kappa shape index (κ3) is 7.91. The first-order valence-corrected chi connectivity index (χ1v) is 21.7. The molecule has 10 rings (SSSR count). The number of aromatic nitrogens is 2. The number of nitrogens with zero attached hydrogens (tertiary/aromatic N) is 4. The van der Waals surface area contributed by atoms with Crippen molar-refractivity contribution in [2.45, 2.75) is 79.6 Å². The third-order valence-electron chi connectivity index (χ3n) is 12.6. The molecule has 0 fully saturated rings. The van der Waals surface area contributed by atoms with Gasteiger partial charge >= 0.3 is 0 Å². The molecule has 328 valence electrons. The zero-order valence-corrected chi connectivity index (χ0v) is 40.3. The van der Waals surface area contributed by atoms with E-state index in [1.807, 2.05) is 73.8 Å². The van der Waals surface area contributed by atoms with Crippen molar-refractivity contribution < 1.29 is 34.8 Å². The van der Waals surface area contributed by atoms with Crippen molar-refractivity contribution >= 4 is 44.6 Å². The van der Waals surface area contributed by atoms with E-state index in [1.165, 1.54) is 5.56 Å². The van der Waals surface area contributed by atoms with Gasteiger partial charge in [0.25, 0.3) is 0 Å². The van der Waals surface area contributed by atoms with Crippen LogP contribution in [-0.4, -0.2) is 9.55 Å². The molecule has 0 saturated carbocycles. The van der Waals surface area contributed by atoms with Gasteiger partial charge in [-0.3, -0.25) is 0 Å². The fourth-order valence-electron chi connectivity index (χ4n) is 8.98. The van der Waals surface area contributed by atoms with Crippen molar-refractivity contribution in [3.63, 3.8) is 0 Å². The number of benzene rings is 7. The van der Waals surface area contributed by atoms with Crippen LogP contribution in [0.15, 0.2) is 152 Å². The molecule has 0 amide bonds. The first-order chi connectivity index (χ1) is 34.9. The van der Waals surface area contributed by atoms with Gasteiger partial charge in [0.2, 0.25) is 0 Å². The molecule has 0 atom stereocenters. The van der Waals surface area contributed by atoms with E-state index in [1.54, 1.807) is 0 Å². The molecule has 1 aliphatic rings. The number of anilines is 4. The Morgan fingerprint density at radius 3 is 1.83 bits per heavy atom. The molecule has 0 bridgehead atoms. The maximum absolute atomic E-state index is 9.31. The summed E-state index contributed by atoms with van der Waals surface area (Å²) >= 11 is 0. The van der Waals surface area contributed by atoms with Crippen LogP contribution in [0.3, 0.4) is 0 Å². The van der Waals surface area contributed by atoms with Crippen molar-refractivity contribution in [3.05, 3.63) is 209 Å². The first kappa shape index (κ1) is 33.3. The standard InChI is InChI=1S/C60H55N4.Pt/c1-39-40(2)56(44-20-12-10-13-21-44)58(57(41(39)3)45-22-14-11-15-23-45)63-38-62(52-26-18-19-27-53(52)63)48-34-43(33-47(36-48)60(7,8)9)32-42-28-29-50-49-24-16-17-25-51(49)64(54(50)35-42)55-37-46(30-31-61-55)59(4,5)6;/h10-31,33,36-38H,32H2,1-9H3;/q-3;/i10D,11D,12D,13D,14D,15D,20D,21D,22D,23D;. The maximum atomic E-state index is 9.31. The molecular weight excluding hydrogens is 972 g/mol. The molecule has 2 aromatic heterocycles. The van der Waals surface area contributed by atoms with Crippen LogP contribution >= 0.6 is 0 Å². The Morgan fingerprint density at radius 1 is 0.600 bits per heavy atom. The average Bonchev–Trinajstić information content (AvgIpc) is 3.92. The third-order valence-corrected chi connectivity index (χ3v) is 12.6. The summed E-state index contributed by atoms with van der Waals surface area (Å²) in [6.45, 7) is 20.4. The minimum absolute atomic E-state index is 0. The van der Waals surface area contributed by atoms with Crippen LogP contribution in [0.5, 0.6) is 0 Å². The van der Waals surface area contributed by atoms with Crippen LogP contribution in [0.2, 0.25) is 0 Å². The van der Waals surface area contributed by atoms with Crippen LogP contribution in [0.25, 0.3) is 49.9 Å². The summed E-state index contributed by atoms with van der Waals surface area (Å²) in [7, 11) is 0. The van der Waals surface area contributed by atoms with Crippen molar-refractivity contribution in [1.29, 1.82) is 0 Å². The van der Waals surface area contributed by atoms with Crippen LogP contribution in [0, 0.1) is 39.6 Å². The second-order valence-corrected chi connectivity index (χ2v) is 18.8. The van der Waals surface area contributed by atoms with E-state index in [2.05, 4.69) is 113 Å². The monoisotopic (exact) mass is 1040 g/mol. The smallest absolute Gasteiger partial charge is 0.135 e. The van der Waals surface area contributed by atoms with E-state index in [0.717, 1.165) is 50.0 Å². The number of fused-ring (bicyclic) bond motifs is 4. The van der Waals surface area contributed by atoms with Crippen molar-refractivity contribution in [2.75, 3.05) is 9.80 Å². The summed E-state index contributed by atoms with van der Waals surface area (Å²) in [6.07, 6.45) is 2.36. The van der Waals surface area contributed by atoms with E-state index < -0.39 is 60.4 Å². The van der Waals surface area contributed by atoms with Crippen LogP contribution < -0.4 is 9.80 Å². The van der Waals surface area contributed by atoms with E-state index in [9.17, 15) is 5.48 Å². The molecule has 0 N–H and O–H groups in total. The summed E-state index contributed by atoms with van der Waals surface area (Å²) in [4.78, 5) is 8.76. The molecule has 0 radical (unpaired) electrons. The molecule has 7 aromatic carbocycles.